The van der Waals surface area contributed by atoms with Gasteiger partial charge in [-0.15, -0.1) is 11.3 Å². The Morgan fingerprint density at radius 3 is 2.56 bits per heavy atom. The zero-order valence-corrected chi connectivity index (χ0v) is 14.2. The smallest absolute Gasteiger partial charge is 0.311 e. The Kier molecular flexibility index (Phi) is 4.58. The minimum Gasteiger partial charge on any atom is -0.311 e. The van der Waals surface area contributed by atoms with Crippen LogP contribution in [0.15, 0.2) is 11.4 Å². The SMILES string of the molecule is CC[C@H]1c2ccsc2CC[NH+]1CN1C(=O)C(=O)N(CC(F)(F)F)C1=O. The summed E-state index contributed by atoms with van der Waals surface area (Å²) in [4.78, 5) is 38.7. The van der Waals surface area contributed by atoms with Gasteiger partial charge in [0, 0.05) is 23.3 Å². The van der Waals surface area contributed by atoms with E-state index in [1.54, 1.807) is 11.3 Å². The minimum atomic E-state index is -4.74. The number of urea groups is 1. The van der Waals surface area contributed by atoms with Gasteiger partial charge >= 0.3 is 24.0 Å². The molecule has 10 heteroatoms. The van der Waals surface area contributed by atoms with Crippen LogP contribution in [-0.2, 0) is 16.0 Å². The quantitative estimate of drug-likeness (QED) is 0.629. The number of halogens is 3. The van der Waals surface area contributed by atoms with Gasteiger partial charge in [-0.05, 0) is 11.4 Å². The Balaban J connectivity index is 1.78. The normalized spacial score (nSPS) is 24.2. The number of carbonyl (C=O) groups is 3. The molecular formula is C15H17F3N3O3S+. The summed E-state index contributed by atoms with van der Waals surface area (Å²) >= 11 is 1.65. The summed E-state index contributed by atoms with van der Waals surface area (Å²) in [7, 11) is 0. The summed E-state index contributed by atoms with van der Waals surface area (Å²) < 4.78 is 37.6. The first-order valence-corrected chi connectivity index (χ1v) is 8.75. The van der Waals surface area contributed by atoms with Gasteiger partial charge in [0.1, 0.15) is 12.6 Å². The van der Waals surface area contributed by atoms with Crippen LogP contribution in [0.4, 0.5) is 18.0 Å². The number of hydrogen-bond acceptors (Lipinski definition) is 4. The third-order valence-electron chi connectivity index (χ3n) is 4.56. The van der Waals surface area contributed by atoms with Crippen LogP contribution in [0, 0.1) is 0 Å². The zero-order valence-electron chi connectivity index (χ0n) is 13.4. The second-order valence-electron chi connectivity index (χ2n) is 6.10. The number of fused-ring (bicyclic) bond motifs is 1. The van der Waals surface area contributed by atoms with Crippen LogP contribution < -0.4 is 4.90 Å². The highest BCUT2D eigenvalue weighted by Crippen LogP contribution is 2.27. The predicted octanol–water partition coefficient (Wildman–Crippen LogP) is 0.951. The van der Waals surface area contributed by atoms with Gasteiger partial charge in [0.25, 0.3) is 0 Å². The van der Waals surface area contributed by atoms with Gasteiger partial charge in [0.05, 0.1) is 6.54 Å². The van der Waals surface area contributed by atoms with Crippen LogP contribution >= 0.6 is 11.3 Å². The molecule has 3 rings (SSSR count). The van der Waals surface area contributed by atoms with Crippen molar-refractivity contribution in [2.24, 2.45) is 0 Å². The lowest BCUT2D eigenvalue weighted by atomic mass is 9.98. The Morgan fingerprint density at radius 1 is 1.24 bits per heavy atom. The van der Waals surface area contributed by atoms with Crippen molar-refractivity contribution in [3.8, 4) is 0 Å². The van der Waals surface area contributed by atoms with E-state index < -0.39 is 30.6 Å². The molecule has 0 spiro atoms. The largest absolute Gasteiger partial charge is 0.406 e. The van der Waals surface area contributed by atoms with Crippen LogP contribution in [0.2, 0.25) is 0 Å². The van der Waals surface area contributed by atoms with Crippen molar-refractivity contribution in [1.82, 2.24) is 9.80 Å². The molecule has 0 aliphatic carbocycles. The lowest BCUT2D eigenvalue weighted by molar-refractivity contribution is -0.940. The summed E-state index contributed by atoms with van der Waals surface area (Å²) in [5, 5.41) is 1.98. The van der Waals surface area contributed by atoms with Crippen molar-refractivity contribution in [2.75, 3.05) is 19.8 Å². The molecule has 0 saturated carbocycles. The van der Waals surface area contributed by atoms with E-state index in [2.05, 4.69) is 0 Å². The molecule has 6 nitrogen and oxygen atoms in total. The molecule has 25 heavy (non-hydrogen) atoms. The van der Waals surface area contributed by atoms with Gasteiger partial charge in [-0.25, -0.2) is 14.6 Å². The van der Waals surface area contributed by atoms with Crippen LogP contribution in [0.1, 0.15) is 29.8 Å². The van der Waals surface area contributed by atoms with Crippen LogP contribution in [0.3, 0.4) is 0 Å². The number of nitrogens with one attached hydrogen (secondary N) is 1. The standard InChI is InChI=1S/C15H16F3N3O3S/c1-2-10-9-4-6-25-11(9)3-5-19(10)8-21-13(23)12(22)20(14(21)24)7-15(16,17)18/h4,6,10H,2-3,5,7-8H2,1H3/p+1/t10-/m0/s1. The van der Waals surface area contributed by atoms with E-state index in [-0.39, 0.29) is 17.6 Å². The van der Waals surface area contributed by atoms with Crippen molar-refractivity contribution in [1.29, 1.82) is 0 Å². The maximum atomic E-state index is 12.5. The molecule has 1 aromatic rings. The first kappa shape index (κ1) is 17.9. The molecule has 2 atom stereocenters. The topological polar surface area (TPSA) is 62.1 Å². The summed E-state index contributed by atoms with van der Waals surface area (Å²) in [5.41, 5.74) is 1.14. The lowest BCUT2D eigenvalue weighted by Crippen LogP contribution is -3.14. The highest BCUT2D eigenvalue weighted by Gasteiger charge is 2.50. The fourth-order valence-corrected chi connectivity index (χ4v) is 4.39. The molecule has 0 bridgehead atoms. The van der Waals surface area contributed by atoms with Gasteiger partial charge in [-0.1, -0.05) is 6.92 Å². The Morgan fingerprint density at radius 2 is 1.92 bits per heavy atom. The maximum Gasteiger partial charge on any atom is 0.406 e. The molecule has 136 valence electrons. The van der Waals surface area contributed by atoms with Crippen LogP contribution in [-0.4, -0.2) is 53.6 Å². The molecule has 1 aromatic heterocycles. The minimum absolute atomic E-state index is 0.0251. The molecule has 1 fully saturated rings. The zero-order chi connectivity index (χ0) is 18.4. The number of hydrogen-bond donors (Lipinski definition) is 1. The predicted molar refractivity (Wildman–Crippen MR) is 81.8 cm³/mol. The monoisotopic (exact) mass is 376 g/mol. The van der Waals surface area contributed by atoms with E-state index in [4.69, 9.17) is 0 Å². The molecule has 0 aromatic carbocycles. The highest BCUT2D eigenvalue weighted by atomic mass is 32.1. The van der Waals surface area contributed by atoms with Gasteiger partial charge in [-0.2, -0.15) is 13.2 Å². The summed E-state index contributed by atoms with van der Waals surface area (Å²) in [6.07, 6.45) is -3.21. The van der Waals surface area contributed by atoms with Crippen LogP contribution in [0.5, 0.6) is 0 Å². The summed E-state index contributed by atoms with van der Waals surface area (Å²) in [6.45, 7) is 0.780. The molecule has 1 N–H and O–H groups in total. The van der Waals surface area contributed by atoms with Crippen molar-refractivity contribution in [3.63, 3.8) is 0 Å². The summed E-state index contributed by atoms with van der Waals surface area (Å²) in [5.74, 6) is -2.60. The van der Waals surface area contributed by atoms with E-state index in [0.29, 0.717) is 11.4 Å². The average molecular weight is 376 g/mol. The highest BCUT2D eigenvalue weighted by molar-refractivity contribution is 7.10. The fraction of sp³-hybridized carbons (Fsp3) is 0.533. The molecule has 3 heterocycles. The van der Waals surface area contributed by atoms with E-state index in [1.807, 2.05) is 18.4 Å². The molecule has 2 aliphatic heterocycles. The number of quaternary nitrogens is 1. The van der Waals surface area contributed by atoms with Gasteiger partial charge < -0.3 is 4.90 Å². The Bertz CT molecular complexity index is 718. The van der Waals surface area contributed by atoms with Gasteiger partial charge in [-0.3, -0.25) is 9.59 Å². The third-order valence-corrected chi connectivity index (χ3v) is 5.56. The van der Waals surface area contributed by atoms with Gasteiger partial charge in [0.2, 0.25) is 0 Å². The number of rotatable bonds is 4. The van der Waals surface area contributed by atoms with E-state index in [9.17, 15) is 27.6 Å². The van der Waals surface area contributed by atoms with Crippen molar-refractivity contribution < 1.29 is 32.5 Å². The molecule has 1 unspecified atom stereocenters. The number of imide groups is 2. The fourth-order valence-electron chi connectivity index (χ4n) is 3.44. The molecule has 0 radical (unpaired) electrons. The number of amides is 4. The first-order chi connectivity index (χ1) is 11.7. The van der Waals surface area contributed by atoms with E-state index >= 15 is 0 Å². The second-order valence-corrected chi connectivity index (χ2v) is 7.10. The number of thiophene rings is 1. The van der Waals surface area contributed by atoms with E-state index in [0.717, 1.165) is 23.3 Å². The lowest BCUT2D eigenvalue weighted by Gasteiger charge is -2.33. The third kappa shape index (κ3) is 3.28. The second kappa shape index (κ2) is 6.41. The number of nitrogens with zero attached hydrogens (tertiary/aromatic N) is 2. The van der Waals surface area contributed by atoms with Crippen molar-refractivity contribution in [3.05, 3.63) is 21.9 Å². The molecular weight excluding hydrogens is 359 g/mol. The van der Waals surface area contributed by atoms with Crippen LogP contribution in [0.25, 0.3) is 0 Å². The first-order valence-electron chi connectivity index (χ1n) is 7.87. The van der Waals surface area contributed by atoms with Gasteiger partial charge in [0.15, 0.2) is 6.67 Å². The molecule has 4 amide bonds. The van der Waals surface area contributed by atoms with Crippen molar-refractivity contribution in [2.45, 2.75) is 32.0 Å². The number of carbonyl (C=O) groups excluding carboxylic acids is 3. The Hall–Kier alpha value is -1.94. The molecule has 1 saturated heterocycles. The Labute approximate surface area is 145 Å². The number of alkyl halides is 3. The maximum absolute atomic E-state index is 12.5. The van der Waals surface area contributed by atoms with Crippen molar-refractivity contribution >= 4 is 29.2 Å². The average Bonchev–Trinajstić information content (AvgIpc) is 3.09. The molecule has 2 aliphatic rings. The van der Waals surface area contributed by atoms with E-state index in [1.165, 1.54) is 4.88 Å². The summed E-state index contributed by atoms with van der Waals surface area (Å²) in [6, 6.07) is 0.857.